The number of hydrogen-bond acceptors (Lipinski definition) is 3. The third-order valence-corrected chi connectivity index (χ3v) is 4.36. The number of rotatable bonds is 6. The van der Waals surface area contributed by atoms with Crippen LogP contribution in [0.25, 0.3) is 0 Å². The second-order valence-corrected chi connectivity index (χ2v) is 6.45. The average Bonchev–Trinajstić information content (AvgIpc) is 2.96. The van der Waals surface area contributed by atoms with Gasteiger partial charge in [-0.15, -0.1) is 0 Å². The van der Waals surface area contributed by atoms with Crippen molar-refractivity contribution < 1.29 is 14.3 Å². The van der Waals surface area contributed by atoms with Crippen LogP contribution in [0.4, 0.5) is 14.9 Å². The number of halogens is 2. The molecule has 7 heteroatoms. The molecule has 1 heterocycles. The van der Waals surface area contributed by atoms with E-state index >= 15 is 0 Å². The molecule has 1 aromatic carbocycles. The van der Waals surface area contributed by atoms with Gasteiger partial charge in [0.2, 0.25) is 0 Å². The molecule has 5 nitrogen and oxygen atoms in total. The van der Waals surface area contributed by atoms with E-state index in [1.54, 1.807) is 12.1 Å². The van der Waals surface area contributed by atoms with Gasteiger partial charge < -0.3 is 14.9 Å². The molecule has 0 bridgehead atoms. The largest absolute Gasteiger partial charge is 0.465 e. The lowest BCUT2D eigenvalue weighted by atomic mass is 10.2. The summed E-state index contributed by atoms with van der Waals surface area (Å²) < 4.78 is 13.4. The molecule has 1 atom stereocenters. The molecule has 2 rings (SSSR count). The van der Waals surface area contributed by atoms with E-state index in [0.29, 0.717) is 13.1 Å². The van der Waals surface area contributed by atoms with Crippen LogP contribution in [0.2, 0.25) is 5.02 Å². The molecule has 1 aliphatic heterocycles. The maximum Gasteiger partial charge on any atom is 0.408 e. The molecule has 1 unspecified atom stereocenters. The second-order valence-electron chi connectivity index (χ2n) is 6.05. The monoisotopic (exact) mass is 343 g/mol. The Morgan fingerprint density at radius 2 is 2.17 bits per heavy atom. The number of benzene rings is 1. The summed E-state index contributed by atoms with van der Waals surface area (Å²) in [4.78, 5) is 17.0. The van der Waals surface area contributed by atoms with Crippen molar-refractivity contribution in [3.8, 4) is 0 Å². The lowest BCUT2D eigenvalue weighted by Gasteiger charge is -2.36. The minimum absolute atomic E-state index is 0.0555. The molecular weight excluding hydrogens is 321 g/mol. The van der Waals surface area contributed by atoms with Gasteiger partial charge in [-0.25, -0.2) is 9.18 Å². The summed E-state index contributed by atoms with van der Waals surface area (Å²) in [5.74, 6) is -0.467. The van der Waals surface area contributed by atoms with Crippen LogP contribution in [0.1, 0.15) is 19.3 Å². The van der Waals surface area contributed by atoms with Crippen molar-refractivity contribution in [3.05, 3.63) is 29.0 Å². The average molecular weight is 344 g/mol. The summed E-state index contributed by atoms with van der Waals surface area (Å²) >= 11 is 5.91. The highest BCUT2D eigenvalue weighted by Crippen LogP contribution is 2.29. The maximum atomic E-state index is 13.4. The highest BCUT2D eigenvalue weighted by atomic mass is 35.5. The highest BCUT2D eigenvalue weighted by molar-refractivity contribution is 6.31. The topological polar surface area (TPSA) is 47.0 Å². The van der Waals surface area contributed by atoms with Gasteiger partial charge in [0, 0.05) is 18.8 Å². The molecule has 1 fully saturated rings. The fourth-order valence-electron chi connectivity index (χ4n) is 2.97. The van der Waals surface area contributed by atoms with E-state index in [-0.39, 0.29) is 11.2 Å². The van der Waals surface area contributed by atoms with E-state index in [0.717, 1.165) is 31.5 Å². The van der Waals surface area contributed by atoms with Crippen molar-refractivity contribution in [2.45, 2.75) is 25.4 Å². The first kappa shape index (κ1) is 17.8. The SMILES string of the molecule is CN(C)CCCN(c1ccc(F)c(Cl)c1)C1CCCN1C(=O)O. The minimum Gasteiger partial charge on any atom is -0.465 e. The van der Waals surface area contributed by atoms with Crippen LogP contribution >= 0.6 is 11.6 Å². The molecular formula is C16H23ClFN3O2. The Morgan fingerprint density at radius 3 is 2.78 bits per heavy atom. The first-order valence-electron chi connectivity index (χ1n) is 7.76. The second kappa shape index (κ2) is 7.84. The predicted molar refractivity (Wildman–Crippen MR) is 89.7 cm³/mol. The molecule has 128 valence electrons. The van der Waals surface area contributed by atoms with Crippen molar-refractivity contribution >= 4 is 23.4 Å². The third-order valence-electron chi connectivity index (χ3n) is 4.07. The van der Waals surface area contributed by atoms with Crippen LogP contribution in [0, 0.1) is 5.82 Å². The fourth-order valence-corrected chi connectivity index (χ4v) is 3.14. The van der Waals surface area contributed by atoms with Gasteiger partial charge in [0.1, 0.15) is 12.0 Å². The van der Waals surface area contributed by atoms with E-state index in [9.17, 15) is 14.3 Å². The molecule has 0 aromatic heterocycles. The lowest BCUT2D eigenvalue weighted by molar-refractivity contribution is 0.139. The van der Waals surface area contributed by atoms with Gasteiger partial charge in [0.15, 0.2) is 0 Å². The molecule has 23 heavy (non-hydrogen) atoms. The zero-order valence-electron chi connectivity index (χ0n) is 13.5. The van der Waals surface area contributed by atoms with Crippen LogP contribution in [0.15, 0.2) is 18.2 Å². The van der Waals surface area contributed by atoms with Gasteiger partial charge >= 0.3 is 6.09 Å². The van der Waals surface area contributed by atoms with Crippen molar-refractivity contribution in [3.63, 3.8) is 0 Å². The van der Waals surface area contributed by atoms with Crippen molar-refractivity contribution in [2.24, 2.45) is 0 Å². The van der Waals surface area contributed by atoms with Gasteiger partial charge in [-0.3, -0.25) is 4.90 Å². The Hall–Kier alpha value is -1.53. The van der Waals surface area contributed by atoms with E-state index in [4.69, 9.17) is 11.6 Å². The van der Waals surface area contributed by atoms with Gasteiger partial charge in [-0.2, -0.15) is 0 Å². The number of hydrogen-bond donors (Lipinski definition) is 1. The third kappa shape index (κ3) is 4.48. The summed E-state index contributed by atoms with van der Waals surface area (Å²) in [5, 5.41) is 9.45. The number of likely N-dealkylation sites (tertiary alicyclic amines) is 1. The Labute approximate surface area is 141 Å². The van der Waals surface area contributed by atoms with Gasteiger partial charge in [0.05, 0.1) is 5.02 Å². The Kier molecular flexibility index (Phi) is 6.07. The summed E-state index contributed by atoms with van der Waals surface area (Å²) in [6, 6.07) is 4.57. The number of carbonyl (C=O) groups is 1. The molecule has 0 aliphatic carbocycles. The van der Waals surface area contributed by atoms with Crippen molar-refractivity contribution in [1.82, 2.24) is 9.80 Å². The summed E-state index contributed by atoms with van der Waals surface area (Å²) in [6.07, 6.45) is 1.33. The molecule has 0 saturated carbocycles. The van der Waals surface area contributed by atoms with Crippen LogP contribution in [0.3, 0.4) is 0 Å². The van der Waals surface area contributed by atoms with Crippen LogP contribution in [0.5, 0.6) is 0 Å². The van der Waals surface area contributed by atoms with Gasteiger partial charge in [-0.05, 0) is 58.1 Å². The smallest absolute Gasteiger partial charge is 0.408 e. The summed E-state index contributed by atoms with van der Waals surface area (Å²) in [5.41, 5.74) is 0.758. The number of amides is 1. The fraction of sp³-hybridized carbons (Fsp3) is 0.562. The van der Waals surface area contributed by atoms with Crippen molar-refractivity contribution in [2.75, 3.05) is 38.6 Å². The highest BCUT2D eigenvalue weighted by Gasteiger charge is 2.33. The zero-order chi connectivity index (χ0) is 17.0. The number of carboxylic acid groups (broad SMARTS) is 1. The Balaban J connectivity index is 2.23. The summed E-state index contributed by atoms with van der Waals surface area (Å²) in [6.45, 7) is 2.11. The Morgan fingerprint density at radius 1 is 1.43 bits per heavy atom. The first-order valence-corrected chi connectivity index (χ1v) is 8.14. The number of anilines is 1. The minimum atomic E-state index is -0.918. The molecule has 1 aliphatic rings. The van der Waals surface area contributed by atoms with E-state index in [1.807, 2.05) is 19.0 Å². The standard InChI is InChI=1S/C16H23ClFN3O2/c1-19(2)8-4-10-20(12-6-7-14(18)13(17)11-12)15-5-3-9-21(15)16(22)23/h6-7,11,15H,3-5,8-10H2,1-2H3,(H,22,23). The quantitative estimate of drug-likeness (QED) is 0.860. The van der Waals surface area contributed by atoms with E-state index in [1.165, 1.54) is 11.0 Å². The van der Waals surface area contributed by atoms with Crippen LogP contribution in [-0.4, -0.2) is 60.9 Å². The summed E-state index contributed by atoms with van der Waals surface area (Å²) in [7, 11) is 4.00. The number of nitrogens with zero attached hydrogens (tertiary/aromatic N) is 3. The molecule has 1 N–H and O–H groups in total. The van der Waals surface area contributed by atoms with Crippen molar-refractivity contribution in [1.29, 1.82) is 0 Å². The normalized spacial score (nSPS) is 17.8. The van der Waals surface area contributed by atoms with Crippen LogP contribution in [-0.2, 0) is 0 Å². The zero-order valence-corrected chi connectivity index (χ0v) is 14.3. The molecule has 1 aromatic rings. The van der Waals surface area contributed by atoms with E-state index in [2.05, 4.69) is 4.90 Å². The first-order chi connectivity index (χ1) is 10.9. The van der Waals surface area contributed by atoms with Gasteiger partial charge in [0.25, 0.3) is 0 Å². The van der Waals surface area contributed by atoms with Gasteiger partial charge in [-0.1, -0.05) is 11.6 Å². The molecule has 0 radical (unpaired) electrons. The molecule has 1 saturated heterocycles. The predicted octanol–water partition coefficient (Wildman–Crippen LogP) is 3.34. The van der Waals surface area contributed by atoms with E-state index < -0.39 is 11.9 Å². The maximum absolute atomic E-state index is 13.4. The molecule has 0 spiro atoms. The molecule has 1 amide bonds. The Bertz CT molecular complexity index is 556. The van der Waals surface area contributed by atoms with Crippen LogP contribution < -0.4 is 4.90 Å². The lowest BCUT2D eigenvalue weighted by Crippen LogP contribution is -2.47.